The van der Waals surface area contributed by atoms with Gasteiger partial charge in [0, 0.05) is 18.2 Å². The van der Waals surface area contributed by atoms with E-state index in [1.54, 1.807) is 12.1 Å². The van der Waals surface area contributed by atoms with E-state index < -0.39 is 4.92 Å². The Hall–Kier alpha value is -1.92. The van der Waals surface area contributed by atoms with Crippen molar-refractivity contribution in [3.63, 3.8) is 0 Å². The standard InChI is InChI=1S/C15H14BrNO4/c16-15-12(2-1-3-14(15)17(19)20)10-21-13-6-4-11(5-7-13)8-9-18/h1-7,18H,8-10H2. The Morgan fingerprint density at radius 3 is 2.52 bits per heavy atom. The van der Waals surface area contributed by atoms with Gasteiger partial charge in [-0.05, 0) is 40.0 Å². The Morgan fingerprint density at radius 1 is 1.19 bits per heavy atom. The molecule has 0 radical (unpaired) electrons. The Kier molecular flexibility index (Phi) is 5.30. The van der Waals surface area contributed by atoms with Crippen LogP contribution in [-0.4, -0.2) is 16.6 Å². The minimum atomic E-state index is -0.433. The molecule has 0 aliphatic heterocycles. The molecule has 0 saturated carbocycles. The zero-order chi connectivity index (χ0) is 15.2. The van der Waals surface area contributed by atoms with Crippen LogP contribution >= 0.6 is 15.9 Å². The molecule has 0 amide bonds. The fourth-order valence-electron chi connectivity index (χ4n) is 1.86. The summed E-state index contributed by atoms with van der Waals surface area (Å²) in [6, 6.07) is 12.2. The normalized spacial score (nSPS) is 10.4. The topological polar surface area (TPSA) is 72.6 Å². The largest absolute Gasteiger partial charge is 0.489 e. The summed E-state index contributed by atoms with van der Waals surface area (Å²) in [5, 5.41) is 19.7. The van der Waals surface area contributed by atoms with Crippen LogP contribution in [0.4, 0.5) is 5.69 Å². The van der Waals surface area contributed by atoms with E-state index >= 15 is 0 Å². The monoisotopic (exact) mass is 351 g/mol. The van der Waals surface area contributed by atoms with Gasteiger partial charge in [0.1, 0.15) is 16.8 Å². The van der Waals surface area contributed by atoms with Gasteiger partial charge in [-0.15, -0.1) is 0 Å². The second-order valence-corrected chi connectivity index (χ2v) is 5.21. The number of hydrogen-bond donors (Lipinski definition) is 1. The summed E-state index contributed by atoms with van der Waals surface area (Å²) in [7, 11) is 0. The zero-order valence-electron chi connectivity index (χ0n) is 11.2. The van der Waals surface area contributed by atoms with E-state index in [0.717, 1.165) is 5.56 Å². The number of nitro benzene ring substituents is 1. The van der Waals surface area contributed by atoms with Crippen molar-refractivity contribution in [1.29, 1.82) is 0 Å². The van der Waals surface area contributed by atoms with Crippen LogP contribution in [0.1, 0.15) is 11.1 Å². The van der Waals surface area contributed by atoms with Crippen LogP contribution in [0.3, 0.4) is 0 Å². The maximum atomic E-state index is 10.9. The summed E-state index contributed by atoms with van der Waals surface area (Å²) < 4.78 is 6.06. The molecule has 2 aromatic carbocycles. The number of nitrogens with zero attached hydrogens (tertiary/aromatic N) is 1. The molecule has 0 saturated heterocycles. The molecular weight excluding hydrogens is 338 g/mol. The fraction of sp³-hybridized carbons (Fsp3) is 0.200. The Balaban J connectivity index is 2.06. The van der Waals surface area contributed by atoms with E-state index in [1.165, 1.54) is 6.07 Å². The highest BCUT2D eigenvalue weighted by atomic mass is 79.9. The minimum Gasteiger partial charge on any atom is -0.489 e. The fourth-order valence-corrected chi connectivity index (χ4v) is 2.38. The maximum Gasteiger partial charge on any atom is 0.283 e. The Bertz CT molecular complexity index is 628. The number of hydrogen-bond acceptors (Lipinski definition) is 4. The van der Waals surface area contributed by atoms with E-state index in [0.29, 0.717) is 22.2 Å². The van der Waals surface area contributed by atoms with E-state index in [9.17, 15) is 10.1 Å². The molecule has 0 fully saturated rings. The lowest BCUT2D eigenvalue weighted by Gasteiger charge is -2.08. The molecule has 0 aliphatic rings. The van der Waals surface area contributed by atoms with Crippen LogP contribution in [-0.2, 0) is 13.0 Å². The van der Waals surface area contributed by atoms with Crippen LogP contribution in [0.2, 0.25) is 0 Å². The summed E-state index contributed by atoms with van der Waals surface area (Å²) in [4.78, 5) is 10.4. The highest BCUT2D eigenvalue weighted by Crippen LogP contribution is 2.29. The lowest BCUT2D eigenvalue weighted by molar-refractivity contribution is -0.385. The molecule has 0 aromatic heterocycles. The van der Waals surface area contributed by atoms with Crippen molar-refractivity contribution in [1.82, 2.24) is 0 Å². The average Bonchev–Trinajstić information content (AvgIpc) is 2.48. The summed E-state index contributed by atoms with van der Waals surface area (Å²) in [6.07, 6.45) is 0.608. The van der Waals surface area contributed by atoms with Crippen molar-refractivity contribution in [3.8, 4) is 5.75 Å². The first kappa shape index (κ1) is 15.5. The zero-order valence-corrected chi connectivity index (χ0v) is 12.7. The van der Waals surface area contributed by atoms with E-state index in [4.69, 9.17) is 9.84 Å². The van der Waals surface area contributed by atoms with Gasteiger partial charge in [0.05, 0.1) is 4.92 Å². The lowest BCUT2D eigenvalue weighted by atomic mass is 10.1. The number of halogens is 1. The third-order valence-corrected chi connectivity index (χ3v) is 3.89. The van der Waals surface area contributed by atoms with Gasteiger partial charge in [-0.2, -0.15) is 0 Å². The first-order valence-electron chi connectivity index (χ1n) is 6.36. The lowest BCUT2D eigenvalue weighted by Crippen LogP contribution is -1.99. The molecular formula is C15H14BrNO4. The molecule has 6 heteroatoms. The van der Waals surface area contributed by atoms with Gasteiger partial charge in [0.25, 0.3) is 5.69 Å². The molecule has 1 N–H and O–H groups in total. The molecule has 0 atom stereocenters. The first-order valence-corrected chi connectivity index (χ1v) is 7.15. The van der Waals surface area contributed by atoms with E-state index in [1.807, 2.05) is 24.3 Å². The van der Waals surface area contributed by atoms with Crippen LogP contribution in [0.5, 0.6) is 5.75 Å². The van der Waals surface area contributed by atoms with Crippen molar-refractivity contribution in [2.24, 2.45) is 0 Å². The molecule has 0 heterocycles. The van der Waals surface area contributed by atoms with Gasteiger partial charge in [0.2, 0.25) is 0 Å². The molecule has 0 aliphatic carbocycles. The van der Waals surface area contributed by atoms with Crippen molar-refractivity contribution in [2.75, 3.05) is 6.61 Å². The van der Waals surface area contributed by atoms with Crippen molar-refractivity contribution in [2.45, 2.75) is 13.0 Å². The summed E-state index contributed by atoms with van der Waals surface area (Å²) in [5.74, 6) is 0.676. The van der Waals surface area contributed by atoms with Crippen LogP contribution in [0.15, 0.2) is 46.9 Å². The molecule has 110 valence electrons. The molecule has 0 unspecified atom stereocenters. The molecule has 2 rings (SSSR count). The SMILES string of the molecule is O=[N+]([O-])c1cccc(COc2ccc(CCO)cc2)c1Br. The highest BCUT2D eigenvalue weighted by molar-refractivity contribution is 9.10. The molecule has 0 spiro atoms. The van der Waals surface area contributed by atoms with Gasteiger partial charge in [-0.25, -0.2) is 0 Å². The second kappa shape index (κ2) is 7.19. The van der Waals surface area contributed by atoms with Crippen LogP contribution in [0, 0.1) is 10.1 Å². The third-order valence-electron chi connectivity index (χ3n) is 2.97. The van der Waals surface area contributed by atoms with Gasteiger partial charge in [0.15, 0.2) is 0 Å². The molecule has 5 nitrogen and oxygen atoms in total. The second-order valence-electron chi connectivity index (χ2n) is 4.41. The molecule has 21 heavy (non-hydrogen) atoms. The van der Waals surface area contributed by atoms with Crippen molar-refractivity contribution >= 4 is 21.6 Å². The van der Waals surface area contributed by atoms with Crippen LogP contribution in [0.25, 0.3) is 0 Å². The maximum absolute atomic E-state index is 10.9. The van der Waals surface area contributed by atoms with E-state index in [-0.39, 0.29) is 18.9 Å². The van der Waals surface area contributed by atoms with Crippen molar-refractivity contribution in [3.05, 3.63) is 68.2 Å². The van der Waals surface area contributed by atoms with Crippen LogP contribution < -0.4 is 4.74 Å². The number of benzene rings is 2. The molecule has 0 bridgehead atoms. The Morgan fingerprint density at radius 2 is 1.90 bits per heavy atom. The summed E-state index contributed by atoms with van der Waals surface area (Å²) in [5.41, 5.74) is 1.76. The minimum absolute atomic E-state index is 0.0226. The quantitative estimate of drug-likeness (QED) is 0.638. The Labute approximate surface area is 130 Å². The smallest absolute Gasteiger partial charge is 0.283 e. The first-order chi connectivity index (χ1) is 10.1. The highest BCUT2D eigenvalue weighted by Gasteiger charge is 2.14. The van der Waals surface area contributed by atoms with Gasteiger partial charge in [-0.3, -0.25) is 10.1 Å². The summed E-state index contributed by atoms with van der Waals surface area (Å²) in [6.45, 7) is 0.350. The van der Waals surface area contributed by atoms with Gasteiger partial charge >= 0.3 is 0 Å². The van der Waals surface area contributed by atoms with Crippen molar-refractivity contribution < 1.29 is 14.8 Å². The predicted molar refractivity (Wildman–Crippen MR) is 82.4 cm³/mol. The average molecular weight is 352 g/mol. The number of aliphatic hydroxyl groups excluding tert-OH is 1. The number of ether oxygens (including phenoxy) is 1. The number of nitro groups is 1. The summed E-state index contributed by atoms with van der Waals surface area (Å²) >= 11 is 3.24. The number of rotatable bonds is 6. The van der Waals surface area contributed by atoms with Gasteiger partial charge in [-0.1, -0.05) is 24.3 Å². The predicted octanol–water partition coefficient (Wildman–Crippen LogP) is 3.47. The third kappa shape index (κ3) is 4.03. The van der Waals surface area contributed by atoms with Gasteiger partial charge < -0.3 is 9.84 Å². The molecule has 2 aromatic rings. The van der Waals surface area contributed by atoms with E-state index in [2.05, 4.69) is 15.9 Å². The number of aliphatic hydroxyl groups is 1.